The molecular formula is C112H131N25O10. The average molecular weight is 1990 g/mol. The van der Waals surface area contributed by atoms with Crippen molar-refractivity contribution < 1.29 is 47.9 Å². The van der Waals surface area contributed by atoms with Crippen molar-refractivity contribution in [3.8, 4) is 85.3 Å². The monoisotopic (exact) mass is 1990 g/mol. The third-order valence-electron chi connectivity index (χ3n) is 28.0. The summed E-state index contributed by atoms with van der Waals surface area (Å²) in [5, 5.41) is 26.9. The van der Waals surface area contributed by atoms with Crippen LogP contribution in [0.1, 0.15) is 83.6 Å². The van der Waals surface area contributed by atoms with Crippen molar-refractivity contribution in [1.29, 1.82) is 0 Å². The Morgan fingerprint density at radius 2 is 0.680 bits per heavy atom. The van der Waals surface area contributed by atoms with Gasteiger partial charge in [-0.15, -0.1) is 0 Å². The van der Waals surface area contributed by atoms with Gasteiger partial charge in [-0.05, 0) is 182 Å². The third-order valence-corrected chi connectivity index (χ3v) is 28.0. The first-order valence-corrected chi connectivity index (χ1v) is 50.5. The van der Waals surface area contributed by atoms with Gasteiger partial charge in [0.15, 0.2) is 0 Å². The maximum Gasteiger partial charge on any atom is 0.225 e. The summed E-state index contributed by atoms with van der Waals surface area (Å²) in [7, 11) is 19.2. The summed E-state index contributed by atoms with van der Waals surface area (Å²) in [4.78, 5) is 83.5. The van der Waals surface area contributed by atoms with E-state index in [0.717, 1.165) is 273 Å². The molecule has 4 aliphatic heterocycles. The van der Waals surface area contributed by atoms with E-state index in [2.05, 4.69) is 137 Å². The standard InChI is InChI=1S/C30H35N7O3.C29H36N6O2.C27H32N6O2.C26H28N6O3/c1-34-20-22(18-32-34)29-19-31-27-7-6-23(16-28(27)33-29)37(24-14-25(39-2)17-26(15-24)40-3)13-10-35-8-11-36(12-9-35)30(38)21-4-5-21;1-20-7-8-21(2)34(20)11-6-12-35(24-13-25(36-4)16-26(14-24)37-5)23-9-10-27-28(15-23)32-29(18-30-27)22-17-31-33(3)19-22;1-31-18-21(16-29-31)27-17-28-25-7-6-22(15-26(25)30-27)33(11-5-10-32-8-3-4-9-32)23-12-20(19-34)13-24(14-23)35-2;1-30-17-18(15-28-30)25-16-27-23-7-6-19(13-24(23)29-25)32(10-9-31-8-4-5-26(31)33)20-11-21(34-2)14-22(12-20)35-3/h6-7,14-21H,4-5,8-13H2,1-3H3;9-10,13-21H,6-8,11-12H2,1-5H3;6-7,12-18,34H,3-5,8-11,19H2,1-2H3;6-7,11-17H,4-5,8-10H2,1-3H3/t;20-,21-;;/m.0../s1. The summed E-state index contributed by atoms with van der Waals surface area (Å²) < 4.78 is 46.0. The predicted octanol–water partition coefficient (Wildman–Crippen LogP) is 17.2. The molecule has 2 atom stereocenters. The Morgan fingerprint density at radius 3 is 1.01 bits per heavy atom. The quantitative estimate of drug-likeness (QED) is 0.0385. The van der Waals surface area contributed by atoms with Crippen molar-refractivity contribution in [2.45, 2.75) is 96.7 Å². The van der Waals surface area contributed by atoms with Crippen molar-refractivity contribution in [2.24, 2.45) is 34.1 Å². The van der Waals surface area contributed by atoms with Crippen molar-refractivity contribution in [3.63, 3.8) is 0 Å². The van der Waals surface area contributed by atoms with Crippen LogP contribution in [0.25, 0.3) is 89.2 Å². The van der Waals surface area contributed by atoms with E-state index >= 15 is 0 Å². The van der Waals surface area contributed by atoms with Gasteiger partial charge in [0.2, 0.25) is 11.8 Å². The Balaban J connectivity index is 0.000000129. The Kier molecular flexibility index (Phi) is 32.6. The molecule has 1 aliphatic carbocycles. The van der Waals surface area contributed by atoms with Crippen molar-refractivity contribution in [1.82, 2.24) is 103 Å². The van der Waals surface area contributed by atoms with Gasteiger partial charge in [-0.25, -0.2) is 19.9 Å². The number of fused-ring (bicyclic) bond motifs is 4. The van der Waals surface area contributed by atoms with Gasteiger partial charge in [0.25, 0.3) is 0 Å². The van der Waals surface area contributed by atoms with E-state index < -0.39 is 0 Å². The highest BCUT2D eigenvalue weighted by Gasteiger charge is 2.36. The summed E-state index contributed by atoms with van der Waals surface area (Å²) in [6.45, 7) is 17.9. The highest BCUT2D eigenvalue weighted by atomic mass is 16.5. The number of carbonyl (C=O) groups excluding carboxylic acids is 2. The largest absolute Gasteiger partial charge is 0.497 e. The second-order valence-electron chi connectivity index (χ2n) is 38.0. The van der Waals surface area contributed by atoms with Gasteiger partial charge in [0, 0.05) is 284 Å². The number of hydrogen-bond donors (Lipinski definition) is 1. The molecule has 5 fully saturated rings. The molecule has 21 rings (SSSR count). The summed E-state index contributed by atoms with van der Waals surface area (Å²) in [6.07, 6.45) is 33.0. The summed E-state index contributed by atoms with van der Waals surface area (Å²) >= 11 is 0. The van der Waals surface area contributed by atoms with Crippen molar-refractivity contribution in [3.05, 3.63) is 226 Å². The number of aromatic nitrogens is 16. The number of carbonyl (C=O) groups is 2. The number of amides is 2. The molecule has 147 heavy (non-hydrogen) atoms. The number of benzene rings is 8. The normalized spacial score (nSPS) is 15.3. The molecule has 0 spiro atoms. The highest BCUT2D eigenvalue weighted by Crippen LogP contribution is 2.42. The number of aliphatic hydroxyl groups excluding tert-OH is 1. The molecule has 16 aromatic rings. The lowest BCUT2D eigenvalue weighted by molar-refractivity contribution is -0.134. The molecule has 1 N–H and O–H groups in total. The van der Waals surface area contributed by atoms with E-state index in [9.17, 15) is 14.7 Å². The van der Waals surface area contributed by atoms with Crippen LogP contribution in [-0.4, -0.2) is 280 Å². The Labute approximate surface area is 857 Å². The minimum absolute atomic E-state index is 0.0382. The van der Waals surface area contributed by atoms with Gasteiger partial charge < -0.3 is 72.6 Å². The van der Waals surface area contributed by atoms with E-state index in [1.807, 2.05) is 172 Å². The van der Waals surface area contributed by atoms with Gasteiger partial charge in [0.1, 0.15) is 40.2 Å². The first-order valence-electron chi connectivity index (χ1n) is 50.5. The number of piperazine rings is 1. The van der Waals surface area contributed by atoms with Crippen LogP contribution in [0, 0.1) is 5.92 Å². The predicted molar refractivity (Wildman–Crippen MR) is 574 cm³/mol. The fraction of sp³-hybridized carbons (Fsp3) is 0.375. The van der Waals surface area contributed by atoms with Gasteiger partial charge in [-0.3, -0.25) is 58.1 Å². The highest BCUT2D eigenvalue weighted by molar-refractivity contribution is 5.88. The summed E-state index contributed by atoms with van der Waals surface area (Å²) in [5.41, 5.74) is 22.2. The van der Waals surface area contributed by atoms with Crippen molar-refractivity contribution >= 4 is 101 Å². The topological polar surface area (TPSA) is 323 Å². The molecule has 8 aromatic heterocycles. The second-order valence-corrected chi connectivity index (χ2v) is 38.0. The van der Waals surface area contributed by atoms with Crippen LogP contribution in [0.15, 0.2) is 220 Å². The average Bonchev–Trinajstić information content (AvgIpc) is 1.81. The fourth-order valence-corrected chi connectivity index (χ4v) is 19.7. The van der Waals surface area contributed by atoms with Gasteiger partial charge in [-0.1, -0.05) is 0 Å². The zero-order chi connectivity index (χ0) is 102. The molecule has 764 valence electrons. The second kappa shape index (κ2) is 47.2. The number of nitrogens with zero attached hydrogens (tertiary/aromatic N) is 25. The smallest absolute Gasteiger partial charge is 0.225 e. The first kappa shape index (κ1) is 102. The molecule has 12 heterocycles. The van der Waals surface area contributed by atoms with E-state index in [1.54, 1.807) is 106 Å². The molecule has 0 radical (unpaired) electrons. The fourth-order valence-electron chi connectivity index (χ4n) is 19.7. The molecular weight excluding hydrogens is 1860 g/mol. The third kappa shape index (κ3) is 25.0. The summed E-state index contributed by atoms with van der Waals surface area (Å²) in [5.74, 6) is 5.93. The van der Waals surface area contributed by atoms with E-state index in [1.165, 1.54) is 38.8 Å². The van der Waals surface area contributed by atoms with Crippen LogP contribution in [0.5, 0.6) is 40.2 Å². The number of rotatable bonds is 35. The maximum atomic E-state index is 12.5. The SMILES string of the molecule is COc1cc(CO)cc(N(CCCN2CCCC2)c2ccc3ncc(-c4cnn(C)c4)nc3c2)c1.COc1cc(OC)cc(N(CCCN2[C@@H](C)CC[C@@H]2C)c2ccc3ncc(-c4cnn(C)c4)nc3c2)c1.COc1cc(OC)cc(N(CCN2CCCC2=O)c2ccc3ncc(-c4cnn(C)c4)nc3c2)c1.COc1cc(OC)cc(N(CCN2CCN(C(=O)C3CC3)CC2)c2ccc3ncc(-c4cnn(C)c4)nc3c2)c1. The van der Waals surface area contributed by atoms with Crippen LogP contribution in [-0.2, 0) is 44.4 Å². The maximum absolute atomic E-state index is 12.5. The van der Waals surface area contributed by atoms with Crippen LogP contribution in [0.4, 0.5) is 45.5 Å². The molecule has 35 heteroatoms. The Bertz CT molecular complexity index is 7140. The molecule has 8 aromatic carbocycles. The number of anilines is 8. The molecule has 0 unspecified atom stereocenters. The Hall–Kier alpha value is -15.5. The number of ether oxygens (including phenoxy) is 7. The van der Waals surface area contributed by atoms with Crippen LogP contribution < -0.4 is 52.8 Å². The minimum atomic E-state index is -0.0382. The van der Waals surface area contributed by atoms with Crippen LogP contribution >= 0.6 is 0 Å². The molecule has 35 nitrogen and oxygen atoms in total. The van der Waals surface area contributed by atoms with Gasteiger partial charge in [0.05, 0.1) is 173 Å². The molecule has 2 amide bonds. The van der Waals surface area contributed by atoms with Crippen molar-refractivity contribution in [2.75, 3.05) is 168 Å². The minimum Gasteiger partial charge on any atom is -0.497 e. The lowest BCUT2D eigenvalue weighted by Gasteiger charge is -2.36. The number of aliphatic hydroxyl groups is 1. The number of likely N-dealkylation sites (tertiary alicyclic amines) is 3. The van der Waals surface area contributed by atoms with E-state index in [0.29, 0.717) is 49.0 Å². The number of methoxy groups -OCH3 is 7. The van der Waals surface area contributed by atoms with E-state index in [-0.39, 0.29) is 18.4 Å². The molecule has 4 saturated heterocycles. The van der Waals surface area contributed by atoms with E-state index in [4.69, 9.17) is 53.1 Å². The Morgan fingerprint density at radius 1 is 0.347 bits per heavy atom. The van der Waals surface area contributed by atoms with Gasteiger partial charge in [-0.2, -0.15) is 20.4 Å². The van der Waals surface area contributed by atoms with Crippen LogP contribution in [0.3, 0.4) is 0 Å². The molecule has 1 saturated carbocycles. The van der Waals surface area contributed by atoms with Gasteiger partial charge >= 0.3 is 0 Å². The molecule has 5 aliphatic rings. The lowest BCUT2D eigenvalue weighted by Crippen LogP contribution is -2.50. The molecule has 0 bridgehead atoms. The first-order chi connectivity index (χ1) is 71.6. The van der Waals surface area contributed by atoms with Crippen LogP contribution in [0.2, 0.25) is 0 Å². The summed E-state index contributed by atoms with van der Waals surface area (Å²) in [6, 6.07) is 49.6. The number of aryl methyl sites for hydroxylation is 4. The number of hydrogen-bond acceptors (Lipinski definition) is 29. The zero-order valence-electron chi connectivity index (χ0n) is 86.2. The zero-order valence-corrected chi connectivity index (χ0v) is 86.2. The lowest BCUT2D eigenvalue weighted by atomic mass is 10.1.